The summed E-state index contributed by atoms with van der Waals surface area (Å²) in [5.74, 6) is -0.182. The van der Waals surface area contributed by atoms with E-state index in [4.69, 9.17) is 5.73 Å². The highest BCUT2D eigenvalue weighted by atomic mass is 79.9. The Morgan fingerprint density at radius 1 is 0.481 bits per heavy atom. The number of nitrogens with one attached hydrogen (secondary N) is 4. The van der Waals surface area contributed by atoms with Crippen molar-refractivity contribution in [2.75, 3.05) is 27.0 Å². The van der Waals surface area contributed by atoms with Crippen molar-refractivity contribution < 1.29 is 14.7 Å². The van der Waals surface area contributed by atoms with Crippen LogP contribution in [0.4, 0.5) is 38.9 Å². The Morgan fingerprint density at radius 3 is 1.46 bits per heavy atom. The average molecular weight is 1080 g/mol. The predicted octanol–water partition coefficient (Wildman–Crippen LogP) is 13.6. The summed E-state index contributed by atoms with van der Waals surface area (Å²) in [5.41, 5.74) is 10.8. The third-order valence-electron chi connectivity index (χ3n) is 6.50. The van der Waals surface area contributed by atoms with Gasteiger partial charge in [0.05, 0.1) is 8.95 Å². The third-order valence-corrected chi connectivity index (χ3v) is 9.54. The van der Waals surface area contributed by atoms with Crippen LogP contribution in [0, 0.1) is 0 Å². The van der Waals surface area contributed by atoms with Crippen LogP contribution in [0.1, 0.15) is 10.4 Å². The summed E-state index contributed by atoms with van der Waals surface area (Å²) in [5, 5.41) is 21.2. The fourth-order valence-corrected chi connectivity index (χ4v) is 8.05. The van der Waals surface area contributed by atoms with Crippen LogP contribution in [0.3, 0.4) is 0 Å². The summed E-state index contributed by atoms with van der Waals surface area (Å²) in [6.45, 7) is 0. The van der Waals surface area contributed by atoms with E-state index in [0.29, 0.717) is 31.6 Å². The second-order valence-electron chi connectivity index (χ2n) is 10.6. The number of para-hydroxylation sites is 2. The number of hydrogen-bond acceptors (Lipinski definition) is 5. The van der Waals surface area contributed by atoms with E-state index in [2.05, 4.69) is 117 Å². The Hall–Kier alpha value is -3.66. The number of rotatable bonds is 6. The quantitative estimate of drug-likeness (QED) is 0.0731. The molecule has 7 N–H and O–H groups in total. The number of phenolic OH excluding ortho intramolecular Hbond substituents is 1. The van der Waals surface area contributed by atoms with Crippen LogP contribution in [-0.2, 0) is 0 Å². The van der Waals surface area contributed by atoms with Gasteiger partial charge in [0.25, 0.3) is 5.91 Å². The maximum atomic E-state index is 12.0. The van der Waals surface area contributed by atoms with Crippen molar-refractivity contribution in [2.24, 2.45) is 0 Å². The van der Waals surface area contributed by atoms with E-state index in [9.17, 15) is 14.7 Å². The summed E-state index contributed by atoms with van der Waals surface area (Å²) in [7, 11) is 0. The number of anilines is 6. The fraction of sp³-hybridized carbons (Fsp3) is 0. The van der Waals surface area contributed by atoms with Gasteiger partial charge in [-0.3, -0.25) is 4.79 Å². The lowest BCUT2D eigenvalue weighted by Crippen LogP contribution is -2.19. The largest absolute Gasteiger partial charge is 0.506 e. The molecule has 52 heavy (non-hydrogen) atoms. The number of hydrogen-bond donors (Lipinski definition) is 6. The summed E-state index contributed by atoms with van der Waals surface area (Å²) in [6.07, 6.45) is 0. The minimum Gasteiger partial charge on any atom is -0.506 e. The number of carbonyl (C=O) groups excluding carboxylic acids is 2. The first-order valence-corrected chi connectivity index (χ1v) is 19.8. The van der Waals surface area contributed by atoms with E-state index >= 15 is 0 Å². The van der Waals surface area contributed by atoms with Gasteiger partial charge in [0.1, 0.15) is 5.75 Å². The van der Waals surface area contributed by atoms with Crippen LogP contribution >= 0.6 is 95.6 Å². The number of urea groups is 1. The molecule has 6 rings (SSSR count). The number of benzene rings is 6. The van der Waals surface area contributed by atoms with Gasteiger partial charge in [-0.1, -0.05) is 106 Å². The van der Waals surface area contributed by atoms with E-state index in [1.54, 1.807) is 36.4 Å². The van der Waals surface area contributed by atoms with Crippen LogP contribution in [0.25, 0.3) is 0 Å². The molecule has 0 radical (unpaired) electrons. The molecule has 0 heterocycles. The molecule has 0 fully saturated rings. The Kier molecular flexibility index (Phi) is 16.2. The van der Waals surface area contributed by atoms with Gasteiger partial charge in [0, 0.05) is 57.6 Å². The lowest BCUT2D eigenvalue weighted by atomic mass is 10.2. The second-order valence-corrected chi connectivity index (χ2v) is 16.0. The fourth-order valence-electron chi connectivity index (χ4n) is 4.28. The number of amides is 3. The Bertz CT molecular complexity index is 2080. The van der Waals surface area contributed by atoms with Gasteiger partial charge in [-0.05, 0) is 123 Å². The van der Waals surface area contributed by atoms with E-state index < -0.39 is 0 Å². The number of phenols is 1. The topological polar surface area (TPSA) is 129 Å². The normalized spacial score (nSPS) is 10.0. The maximum absolute atomic E-state index is 12.0. The van der Waals surface area contributed by atoms with Crippen molar-refractivity contribution in [1.29, 1.82) is 0 Å². The molecule has 266 valence electrons. The lowest BCUT2D eigenvalue weighted by molar-refractivity contribution is 0.102. The minimum atomic E-state index is -0.272. The van der Waals surface area contributed by atoms with E-state index in [1.165, 1.54) is 0 Å². The smallest absolute Gasteiger partial charge is 0.323 e. The van der Waals surface area contributed by atoms with Gasteiger partial charge in [0.2, 0.25) is 0 Å². The molecule has 0 atom stereocenters. The second kappa shape index (κ2) is 20.5. The molecule has 0 aliphatic rings. The van der Waals surface area contributed by atoms with Crippen molar-refractivity contribution >= 4 is 142 Å². The molecule has 0 bridgehead atoms. The Balaban J connectivity index is 0.000000176. The standard InChI is InChI=1S/C13H10Br2N2O2.C13H10Br2N2O.C12H9Br2N/c14-10-5-9(6-11(15)12(10)18)17-13(19)7-2-1-3-8(16)4-7;14-9-6-10(15)8-12(7-9)17-13(18)16-11-4-2-1-3-5-11;13-9-6-10(14)8-12(7-9)15-11-4-2-1-3-5-11/h1-6,18H,16H2,(H,17,19);1-8H,(H2,16,17,18);1-8,15H. The van der Waals surface area contributed by atoms with Gasteiger partial charge >= 0.3 is 6.03 Å². The highest BCUT2D eigenvalue weighted by molar-refractivity contribution is 9.11. The molecule has 6 aromatic carbocycles. The molecule has 0 unspecified atom stereocenters. The predicted molar refractivity (Wildman–Crippen MR) is 235 cm³/mol. The van der Waals surface area contributed by atoms with Crippen LogP contribution in [0.2, 0.25) is 0 Å². The average Bonchev–Trinajstić information content (AvgIpc) is 3.08. The van der Waals surface area contributed by atoms with Crippen molar-refractivity contribution in [3.05, 3.63) is 166 Å². The first kappa shape index (κ1) is 41.1. The van der Waals surface area contributed by atoms with Gasteiger partial charge in [-0.25, -0.2) is 4.79 Å². The molecule has 0 saturated carbocycles. The summed E-state index contributed by atoms with van der Waals surface area (Å²) in [6, 6.07) is 40.7. The third kappa shape index (κ3) is 14.1. The number of aromatic hydroxyl groups is 1. The van der Waals surface area contributed by atoms with Crippen molar-refractivity contribution in [2.45, 2.75) is 0 Å². The van der Waals surface area contributed by atoms with Gasteiger partial charge < -0.3 is 32.1 Å². The van der Waals surface area contributed by atoms with Crippen molar-refractivity contribution in [3.8, 4) is 5.75 Å². The molecule has 0 spiro atoms. The SMILES string of the molecule is Brc1cc(Br)cc(Nc2ccccc2)c1.Nc1cccc(C(=O)Nc2cc(Br)c(O)c(Br)c2)c1.O=C(Nc1ccccc1)Nc1cc(Br)cc(Br)c1. The van der Waals surface area contributed by atoms with Crippen LogP contribution in [0.5, 0.6) is 5.75 Å². The van der Waals surface area contributed by atoms with Gasteiger partial charge in [0.15, 0.2) is 0 Å². The van der Waals surface area contributed by atoms with Crippen LogP contribution in [-0.4, -0.2) is 17.0 Å². The number of nitrogens with two attached hydrogens (primary N) is 1. The zero-order chi connectivity index (χ0) is 37.6. The summed E-state index contributed by atoms with van der Waals surface area (Å²) >= 11 is 20.1. The lowest BCUT2D eigenvalue weighted by Gasteiger charge is -2.08. The molecule has 0 aliphatic heterocycles. The zero-order valence-corrected chi connectivity index (χ0v) is 36.3. The first-order chi connectivity index (χ1) is 24.8. The highest BCUT2D eigenvalue weighted by Gasteiger charge is 2.10. The molecule has 14 heteroatoms. The van der Waals surface area contributed by atoms with E-state index in [1.807, 2.05) is 97.1 Å². The zero-order valence-electron chi connectivity index (χ0n) is 26.8. The molecule has 8 nitrogen and oxygen atoms in total. The number of halogens is 6. The first-order valence-electron chi connectivity index (χ1n) is 15.1. The molecular weight excluding hydrogens is 1050 g/mol. The minimum absolute atomic E-state index is 0.0851. The summed E-state index contributed by atoms with van der Waals surface area (Å²) < 4.78 is 4.87. The molecule has 0 aliphatic carbocycles. The van der Waals surface area contributed by atoms with E-state index in [0.717, 1.165) is 35.0 Å². The molecule has 0 saturated heterocycles. The van der Waals surface area contributed by atoms with Gasteiger partial charge in [-0.15, -0.1) is 0 Å². The molecule has 3 amide bonds. The maximum Gasteiger partial charge on any atom is 0.323 e. The highest BCUT2D eigenvalue weighted by Crippen LogP contribution is 2.35. The molecule has 6 aromatic rings. The number of nitrogen functional groups attached to an aromatic ring is 1. The number of carbonyl (C=O) groups is 2. The molecule has 0 aromatic heterocycles. The Morgan fingerprint density at radius 2 is 0.942 bits per heavy atom. The van der Waals surface area contributed by atoms with Crippen LogP contribution < -0.4 is 27.0 Å². The monoisotopic (exact) mass is 1080 g/mol. The van der Waals surface area contributed by atoms with Crippen LogP contribution in [0.15, 0.2) is 160 Å². The molecular formula is C38H29Br6N5O3. The van der Waals surface area contributed by atoms with E-state index in [-0.39, 0.29) is 17.7 Å². The van der Waals surface area contributed by atoms with Gasteiger partial charge in [-0.2, -0.15) is 0 Å². The van der Waals surface area contributed by atoms with Crippen molar-refractivity contribution in [3.63, 3.8) is 0 Å². The van der Waals surface area contributed by atoms with Crippen molar-refractivity contribution in [1.82, 2.24) is 0 Å². The Labute approximate surface area is 351 Å². The summed E-state index contributed by atoms with van der Waals surface area (Å²) in [4.78, 5) is 23.8.